The van der Waals surface area contributed by atoms with Crippen molar-refractivity contribution in [2.45, 2.75) is 33.6 Å². The van der Waals surface area contributed by atoms with Crippen molar-refractivity contribution in [3.63, 3.8) is 0 Å². The summed E-state index contributed by atoms with van der Waals surface area (Å²) in [4.78, 5) is 7.31. The Bertz CT molecular complexity index is 595. The lowest BCUT2D eigenvalue weighted by Crippen LogP contribution is -2.33. The molecule has 100 valence electrons. The summed E-state index contributed by atoms with van der Waals surface area (Å²) in [7, 11) is 0. The van der Waals surface area contributed by atoms with Crippen LogP contribution in [0.15, 0.2) is 24.3 Å². The Balaban J connectivity index is 2.00. The Kier molecular flexibility index (Phi) is 3.17. The van der Waals surface area contributed by atoms with E-state index in [1.807, 2.05) is 0 Å². The van der Waals surface area contributed by atoms with E-state index >= 15 is 0 Å². The van der Waals surface area contributed by atoms with Crippen molar-refractivity contribution in [3.8, 4) is 0 Å². The summed E-state index contributed by atoms with van der Waals surface area (Å²) in [5.74, 6) is 2.02. The highest BCUT2D eigenvalue weighted by molar-refractivity contribution is 5.84. The van der Waals surface area contributed by atoms with Gasteiger partial charge in [-0.2, -0.15) is 0 Å². The second kappa shape index (κ2) is 4.84. The first kappa shape index (κ1) is 12.5. The summed E-state index contributed by atoms with van der Waals surface area (Å²) >= 11 is 0. The van der Waals surface area contributed by atoms with Gasteiger partial charge in [-0.1, -0.05) is 19.1 Å². The van der Waals surface area contributed by atoms with Crippen LogP contribution in [-0.4, -0.2) is 18.1 Å². The Morgan fingerprint density at radius 2 is 1.84 bits per heavy atom. The predicted molar refractivity (Wildman–Crippen MR) is 81.8 cm³/mol. The zero-order valence-electron chi connectivity index (χ0n) is 12.1. The van der Waals surface area contributed by atoms with Gasteiger partial charge < -0.3 is 4.90 Å². The summed E-state index contributed by atoms with van der Waals surface area (Å²) < 4.78 is 0. The van der Waals surface area contributed by atoms with Crippen LogP contribution in [-0.2, 0) is 0 Å². The molecular formula is C17H22N2. The maximum absolute atomic E-state index is 4.87. The van der Waals surface area contributed by atoms with E-state index in [2.05, 4.69) is 49.9 Å². The maximum atomic E-state index is 4.87. The Labute approximate surface area is 115 Å². The minimum absolute atomic E-state index is 0.861. The van der Waals surface area contributed by atoms with Gasteiger partial charge in [-0.25, -0.2) is 4.98 Å². The molecule has 2 nitrogen and oxygen atoms in total. The van der Waals surface area contributed by atoms with Gasteiger partial charge in [0.15, 0.2) is 0 Å². The van der Waals surface area contributed by atoms with Gasteiger partial charge in [0.05, 0.1) is 5.52 Å². The van der Waals surface area contributed by atoms with E-state index in [-0.39, 0.29) is 0 Å². The Morgan fingerprint density at radius 3 is 2.58 bits per heavy atom. The van der Waals surface area contributed by atoms with E-state index in [1.165, 1.54) is 29.4 Å². The topological polar surface area (TPSA) is 16.1 Å². The predicted octanol–water partition coefficient (Wildman–Crippen LogP) is 4.09. The first-order valence-electron chi connectivity index (χ1n) is 7.26. The largest absolute Gasteiger partial charge is 0.357 e. The van der Waals surface area contributed by atoms with Crippen LogP contribution in [0.5, 0.6) is 0 Å². The van der Waals surface area contributed by atoms with Crippen molar-refractivity contribution in [2.75, 3.05) is 18.0 Å². The molecule has 19 heavy (non-hydrogen) atoms. The molecular weight excluding hydrogens is 232 g/mol. The van der Waals surface area contributed by atoms with Gasteiger partial charge in [0, 0.05) is 18.5 Å². The minimum Gasteiger partial charge on any atom is -0.357 e. The SMILES string of the molecule is Cc1ccc2c(C)cc(N3CCC(C)CC3)nc2c1. The number of rotatable bonds is 1. The molecule has 0 atom stereocenters. The number of benzene rings is 1. The lowest BCUT2D eigenvalue weighted by molar-refractivity contribution is 0.437. The highest BCUT2D eigenvalue weighted by Crippen LogP contribution is 2.26. The number of nitrogens with zero attached hydrogens (tertiary/aromatic N) is 2. The van der Waals surface area contributed by atoms with Crippen molar-refractivity contribution in [1.29, 1.82) is 0 Å². The van der Waals surface area contributed by atoms with Crippen molar-refractivity contribution >= 4 is 16.7 Å². The smallest absolute Gasteiger partial charge is 0.129 e. The molecule has 0 saturated carbocycles. The van der Waals surface area contributed by atoms with E-state index in [0.717, 1.165) is 30.3 Å². The second-order valence-corrected chi connectivity index (χ2v) is 5.99. The number of aromatic nitrogens is 1. The van der Waals surface area contributed by atoms with Gasteiger partial charge in [0.1, 0.15) is 5.82 Å². The molecule has 0 bridgehead atoms. The highest BCUT2D eigenvalue weighted by Gasteiger charge is 2.17. The third kappa shape index (κ3) is 2.44. The molecule has 2 heteroatoms. The van der Waals surface area contributed by atoms with E-state index in [9.17, 15) is 0 Å². The van der Waals surface area contributed by atoms with Gasteiger partial charge in [-0.3, -0.25) is 0 Å². The highest BCUT2D eigenvalue weighted by atomic mass is 15.2. The molecule has 2 aromatic rings. The van der Waals surface area contributed by atoms with Crippen LogP contribution in [0.2, 0.25) is 0 Å². The molecule has 1 fully saturated rings. The second-order valence-electron chi connectivity index (χ2n) is 5.99. The lowest BCUT2D eigenvalue weighted by atomic mass is 9.99. The fourth-order valence-corrected chi connectivity index (χ4v) is 2.89. The number of hydrogen-bond acceptors (Lipinski definition) is 2. The standard InChI is InChI=1S/C17H22N2/c1-12-6-8-19(9-7-12)17-11-14(3)15-5-4-13(2)10-16(15)18-17/h4-5,10-12H,6-9H2,1-3H3. The molecule has 1 aliphatic rings. The van der Waals surface area contributed by atoms with Crippen LogP contribution in [0.1, 0.15) is 30.9 Å². The molecule has 0 amide bonds. The molecule has 1 aliphatic heterocycles. The third-order valence-corrected chi connectivity index (χ3v) is 4.27. The van der Waals surface area contributed by atoms with Crippen LogP contribution < -0.4 is 4.90 Å². The minimum atomic E-state index is 0.861. The number of hydrogen-bond donors (Lipinski definition) is 0. The average molecular weight is 254 g/mol. The fraction of sp³-hybridized carbons (Fsp3) is 0.471. The number of pyridine rings is 1. The Hall–Kier alpha value is -1.57. The summed E-state index contributed by atoms with van der Waals surface area (Å²) in [6.45, 7) is 8.96. The molecule has 2 heterocycles. The first-order chi connectivity index (χ1) is 9.13. The third-order valence-electron chi connectivity index (χ3n) is 4.27. The van der Waals surface area contributed by atoms with E-state index < -0.39 is 0 Å². The van der Waals surface area contributed by atoms with Crippen LogP contribution in [0, 0.1) is 19.8 Å². The molecule has 0 N–H and O–H groups in total. The average Bonchev–Trinajstić information content (AvgIpc) is 2.38. The number of anilines is 1. The number of fused-ring (bicyclic) bond motifs is 1. The zero-order valence-corrected chi connectivity index (χ0v) is 12.1. The van der Waals surface area contributed by atoms with Gasteiger partial charge in [-0.05, 0) is 55.9 Å². The normalized spacial score (nSPS) is 17.1. The quantitative estimate of drug-likeness (QED) is 0.762. The molecule has 0 radical (unpaired) electrons. The summed E-state index contributed by atoms with van der Waals surface area (Å²) in [6, 6.07) is 8.79. The summed E-state index contributed by atoms with van der Waals surface area (Å²) in [5, 5.41) is 1.28. The van der Waals surface area contributed by atoms with Crippen molar-refractivity contribution in [3.05, 3.63) is 35.4 Å². The van der Waals surface area contributed by atoms with E-state index in [4.69, 9.17) is 4.98 Å². The summed E-state index contributed by atoms with van der Waals surface area (Å²) in [5.41, 5.74) is 3.75. The Morgan fingerprint density at radius 1 is 1.11 bits per heavy atom. The zero-order chi connectivity index (χ0) is 13.4. The maximum Gasteiger partial charge on any atom is 0.129 e. The van der Waals surface area contributed by atoms with Crippen molar-refractivity contribution in [1.82, 2.24) is 4.98 Å². The van der Waals surface area contributed by atoms with E-state index in [0.29, 0.717) is 0 Å². The van der Waals surface area contributed by atoms with E-state index in [1.54, 1.807) is 0 Å². The van der Waals surface area contributed by atoms with Crippen LogP contribution in [0.4, 0.5) is 5.82 Å². The van der Waals surface area contributed by atoms with Gasteiger partial charge in [-0.15, -0.1) is 0 Å². The number of piperidine rings is 1. The van der Waals surface area contributed by atoms with Gasteiger partial charge >= 0.3 is 0 Å². The first-order valence-corrected chi connectivity index (χ1v) is 7.26. The summed E-state index contributed by atoms with van der Waals surface area (Å²) in [6.07, 6.45) is 2.57. The molecule has 3 rings (SSSR count). The van der Waals surface area contributed by atoms with Crippen LogP contribution in [0.3, 0.4) is 0 Å². The van der Waals surface area contributed by atoms with Crippen LogP contribution in [0.25, 0.3) is 10.9 Å². The number of aryl methyl sites for hydroxylation is 2. The fourth-order valence-electron chi connectivity index (χ4n) is 2.89. The van der Waals surface area contributed by atoms with Gasteiger partial charge in [0.25, 0.3) is 0 Å². The monoisotopic (exact) mass is 254 g/mol. The van der Waals surface area contributed by atoms with Crippen LogP contribution >= 0.6 is 0 Å². The van der Waals surface area contributed by atoms with Gasteiger partial charge in [0.2, 0.25) is 0 Å². The molecule has 0 spiro atoms. The van der Waals surface area contributed by atoms with Crippen molar-refractivity contribution < 1.29 is 0 Å². The lowest BCUT2D eigenvalue weighted by Gasteiger charge is -2.31. The molecule has 1 aromatic heterocycles. The molecule has 0 unspecified atom stereocenters. The molecule has 0 aliphatic carbocycles. The van der Waals surface area contributed by atoms with Crippen molar-refractivity contribution in [2.24, 2.45) is 5.92 Å². The molecule has 1 saturated heterocycles. The molecule has 1 aromatic carbocycles.